The van der Waals surface area contributed by atoms with Crippen LogP contribution in [0.2, 0.25) is 5.02 Å². The highest BCUT2D eigenvalue weighted by Crippen LogP contribution is 2.28. The number of nitrogens with zero attached hydrogens (tertiary/aromatic N) is 1. The number of anilines is 1. The number of likely N-dealkylation sites (tertiary alicyclic amines) is 1. The second kappa shape index (κ2) is 7.43. The van der Waals surface area contributed by atoms with E-state index >= 15 is 0 Å². The third-order valence-corrected chi connectivity index (χ3v) is 4.46. The number of hydrogen-bond acceptors (Lipinski definition) is 3. The van der Waals surface area contributed by atoms with Crippen molar-refractivity contribution in [2.24, 2.45) is 5.73 Å². The number of nitrogens with one attached hydrogen (secondary N) is 1. The van der Waals surface area contributed by atoms with Crippen molar-refractivity contribution < 1.29 is 4.39 Å². The van der Waals surface area contributed by atoms with Gasteiger partial charge < -0.3 is 16.0 Å². The number of hydrogen-bond donors (Lipinski definition) is 2. The molecule has 5 heteroatoms. The van der Waals surface area contributed by atoms with Crippen LogP contribution in [0.1, 0.15) is 32.6 Å². The predicted octanol–water partition coefficient (Wildman–Crippen LogP) is 3.48. The number of halogens is 2. The zero-order valence-corrected chi connectivity index (χ0v) is 13.4. The Morgan fingerprint density at radius 2 is 2.14 bits per heavy atom. The average molecular weight is 314 g/mol. The molecule has 0 spiro atoms. The van der Waals surface area contributed by atoms with Crippen molar-refractivity contribution in [3.05, 3.63) is 29.0 Å². The molecule has 1 unspecified atom stereocenters. The standard InChI is InChI=1S/C16H25ClFN3/c1-2-6-21-7-3-4-16(12-19,5-8-21)20-15-10-13(17)9-14(18)11-15/h9-11,20H,2-8,12,19H2,1H3. The molecule has 3 nitrogen and oxygen atoms in total. The summed E-state index contributed by atoms with van der Waals surface area (Å²) in [5, 5.41) is 3.86. The first-order valence-electron chi connectivity index (χ1n) is 7.73. The van der Waals surface area contributed by atoms with Crippen molar-refractivity contribution in [1.82, 2.24) is 4.90 Å². The van der Waals surface area contributed by atoms with Crippen molar-refractivity contribution in [2.75, 3.05) is 31.5 Å². The maximum Gasteiger partial charge on any atom is 0.126 e. The number of benzene rings is 1. The molecule has 0 aliphatic carbocycles. The Kier molecular flexibility index (Phi) is 5.85. The van der Waals surface area contributed by atoms with Crippen LogP contribution in [0.25, 0.3) is 0 Å². The highest BCUT2D eigenvalue weighted by atomic mass is 35.5. The fourth-order valence-corrected chi connectivity index (χ4v) is 3.32. The summed E-state index contributed by atoms with van der Waals surface area (Å²) in [6.45, 7) is 6.02. The van der Waals surface area contributed by atoms with E-state index in [1.807, 2.05) is 0 Å². The molecule has 0 amide bonds. The molecule has 0 aromatic heterocycles. The molecule has 1 heterocycles. The molecular formula is C16H25ClFN3. The van der Waals surface area contributed by atoms with Crippen molar-refractivity contribution in [3.8, 4) is 0 Å². The third-order valence-electron chi connectivity index (χ3n) is 4.24. The fraction of sp³-hybridized carbons (Fsp3) is 0.625. The lowest BCUT2D eigenvalue weighted by Gasteiger charge is -2.34. The lowest BCUT2D eigenvalue weighted by atomic mass is 9.90. The zero-order chi connectivity index (χ0) is 15.3. The molecule has 2 rings (SSSR count). The topological polar surface area (TPSA) is 41.3 Å². The lowest BCUT2D eigenvalue weighted by Crippen LogP contribution is -2.46. The Labute approximate surface area is 131 Å². The van der Waals surface area contributed by atoms with Crippen LogP contribution in [-0.4, -0.2) is 36.6 Å². The Hall–Kier alpha value is -0.840. The molecule has 0 saturated carbocycles. The highest BCUT2D eigenvalue weighted by Gasteiger charge is 2.31. The van der Waals surface area contributed by atoms with Gasteiger partial charge in [0, 0.05) is 23.8 Å². The minimum absolute atomic E-state index is 0.167. The van der Waals surface area contributed by atoms with Gasteiger partial charge in [0.2, 0.25) is 0 Å². The molecule has 0 radical (unpaired) electrons. The summed E-state index contributed by atoms with van der Waals surface area (Å²) >= 11 is 5.93. The first-order valence-corrected chi connectivity index (χ1v) is 8.11. The van der Waals surface area contributed by atoms with Crippen molar-refractivity contribution in [1.29, 1.82) is 0 Å². The van der Waals surface area contributed by atoms with E-state index in [9.17, 15) is 4.39 Å². The summed E-state index contributed by atoms with van der Waals surface area (Å²) in [6.07, 6.45) is 4.24. The van der Waals surface area contributed by atoms with E-state index in [1.165, 1.54) is 18.6 Å². The zero-order valence-electron chi connectivity index (χ0n) is 12.7. The van der Waals surface area contributed by atoms with Crippen LogP contribution < -0.4 is 11.1 Å². The Bertz CT molecular complexity index is 449. The van der Waals surface area contributed by atoms with E-state index in [4.69, 9.17) is 17.3 Å². The second-order valence-electron chi connectivity index (χ2n) is 5.96. The van der Waals surface area contributed by atoms with Crippen LogP contribution in [0.3, 0.4) is 0 Å². The van der Waals surface area contributed by atoms with Gasteiger partial charge in [-0.2, -0.15) is 0 Å². The minimum Gasteiger partial charge on any atom is -0.378 e. The Morgan fingerprint density at radius 1 is 1.33 bits per heavy atom. The molecule has 1 aliphatic heterocycles. The summed E-state index contributed by atoms with van der Waals surface area (Å²) in [7, 11) is 0. The molecule has 21 heavy (non-hydrogen) atoms. The van der Waals surface area contributed by atoms with Crippen LogP contribution in [0, 0.1) is 5.82 Å². The van der Waals surface area contributed by atoms with Gasteiger partial charge in [0.05, 0.1) is 5.54 Å². The molecule has 1 atom stereocenters. The van der Waals surface area contributed by atoms with Crippen molar-refractivity contribution in [3.63, 3.8) is 0 Å². The van der Waals surface area contributed by atoms with Gasteiger partial charge in [-0.1, -0.05) is 18.5 Å². The highest BCUT2D eigenvalue weighted by molar-refractivity contribution is 6.30. The summed E-state index contributed by atoms with van der Waals surface area (Å²) in [5.74, 6) is -0.321. The van der Waals surface area contributed by atoms with Crippen LogP contribution in [0.4, 0.5) is 10.1 Å². The van der Waals surface area contributed by atoms with Crippen molar-refractivity contribution in [2.45, 2.75) is 38.1 Å². The largest absolute Gasteiger partial charge is 0.378 e. The summed E-state index contributed by atoms with van der Waals surface area (Å²) in [6, 6.07) is 4.56. The molecule has 118 valence electrons. The normalized spacial score (nSPS) is 23.8. The molecule has 1 aromatic rings. The first kappa shape index (κ1) is 16.5. The molecule has 1 saturated heterocycles. The van der Waals surface area contributed by atoms with E-state index in [0.29, 0.717) is 11.6 Å². The van der Waals surface area contributed by atoms with Gasteiger partial charge in [-0.25, -0.2) is 4.39 Å². The minimum atomic E-state index is -0.321. The molecule has 1 aliphatic rings. The van der Waals surface area contributed by atoms with E-state index < -0.39 is 0 Å². The van der Waals surface area contributed by atoms with E-state index in [-0.39, 0.29) is 11.4 Å². The van der Waals surface area contributed by atoms with E-state index in [1.54, 1.807) is 6.07 Å². The van der Waals surface area contributed by atoms with E-state index in [0.717, 1.165) is 44.6 Å². The maximum atomic E-state index is 13.5. The van der Waals surface area contributed by atoms with Gasteiger partial charge >= 0.3 is 0 Å². The first-order chi connectivity index (χ1) is 10.1. The monoisotopic (exact) mass is 313 g/mol. The fourth-order valence-electron chi connectivity index (χ4n) is 3.10. The van der Waals surface area contributed by atoms with Crippen LogP contribution >= 0.6 is 11.6 Å². The number of nitrogens with two attached hydrogens (primary N) is 1. The summed E-state index contributed by atoms with van der Waals surface area (Å²) in [5.41, 5.74) is 6.59. The Balaban J connectivity index is 2.10. The summed E-state index contributed by atoms with van der Waals surface area (Å²) < 4.78 is 13.5. The van der Waals surface area contributed by atoms with Gasteiger partial charge in [0.25, 0.3) is 0 Å². The third kappa shape index (κ3) is 4.56. The molecule has 1 aromatic carbocycles. The quantitative estimate of drug-likeness (QED) is 0.874. The van der Waals surface area contributed by atoms with Gasteiger partial charge in [0.15, 0.2) is 0 Å². The predicted molar refractivity (Wildman–Crippen MR) is 87.4 cm³/mol. The maximum absolute atomic E-state index is 13.5. The SMILES string of the molecule is CCCN1CCCC(CN)(Nc2cc(F)cc(Cl)c2)CC1. The van der Waals surface area contributed by atoms with Gasteiger partial charge in [-0.3, -0.25) is 0 Å². The van der Waals surface area contributed by atoms with E-state index in [2.05, 4.69) is 17.1 Å². The Morgan fingerprint density at radius 3 is 2.81 bits per heavy atom. The lowest BCUT2D eigenvalue weighted by molar-refractivity contribution is 0.279. The molecular weight excluding hydrogens is 289 g/mol. The smallest absolute Gasteiger partial charge is 0.126 e. The van der Waals surface area contributed by atoms with Crippen LogP contribution in [0.5, 0.6) is 0 Å². The average Bonchev–Trinajstić information content (AvgIpc) is 2.62. The molecule has 0 bridgehead atoms. The van der Waals surface area contributed by atoms with Crippen LogP contribution in [-0.2, 0) is 0 Å². The molecule has 1 fully saturated rings. The van der Waals surface area contributed by atoms with Gasteiger partial charge in [-0.15, -0.1) is 0 Å². The molecule has 3 N–H and O–H groups in total. The van der Waals surface area contributed by atoms with Crippen molar-refractivity contribution >= 4 is 17.3 Å². The van der Waals surface area contributed by atoms with Gasteiger partial charge in [0.1, 0.15) is 5.82 Å². The number of rotatable bonds is 5. The van der Waals surface area contributed by atoms with Crippen LogP contribution in [0.15, 0.2) is 18.2 Å². The van der Waals surface area contributed by atoms with Gasteiger partial charge in [-0.05, 0) is 57.0 Å². The summed E-state index contributed by atoms with van der Waals surface area (Å²) in [4.78, 5) is 2.48. The second-order valence-corrected chi connectivity index (χ2v) is 6.40.